The van der Waals surface area contributed by atoms with Gasteiger partial charge in [-0.3, -0.25) is 5.32 Å². The standard InChI is InChI=1S/C17H15N3O2S/c21-16(20-17-18-10-11-23-17)19-14-8-4-5-9-15(14)22-12-13-6-2-1-3-7-13/h1-11H,12H2,(H2,18,19,20,21). The molecule has 2 aromatic carbocycles. The zero-order valence-electron chi connectivity index (χ0n) is 12.2. The number of carbonyl (C=O) groups excluding carboxylic acids is 1. The van der Waals surface area contributed by atoms with E-state index in [1.54, 1.807) is 17.6 Å². The number of benzene rings is 2. The quantitative estimate of drug-likeness (QED) is 0.732. The van der Waals surface area contributed by atoms with E-state index in [9.17, 15) is 4.79 Å². The molecular formula is C17H15N3O2S. The summed E-state index contributed by atoms with van der Waals surface area (Å²) < 4.78 is 5.80. The van der Waals surface area contributed by atoms with E-state index >= 15 is 0 Å². The molecule has 3 aromatic rings. The molecule has 2 N–H and O–H groups in total. The third-order valence-corrected chi connectivity index (χ3v) is 3.71. The summed E-state index contributed by atoms with van der Waals surface area (Å²) in [7, 11) is 0. The first-order valence-electron chi connectivity index (χ1n) is 7.04. The van der Waals surface area contributed by atoms with Crippen molar-refractivity contribution >= 4 is 28.2 Å². The van der Waals surface area contributed by atoms with Gasteiger partial charge in [0.05, 0.1) is 5.69 Å². The lowest BCUT2D eigenvalue weighted by atomic mass is 10.2. The summed E-state index contributed by atoms with van der Waals surface area (Å²) in [6.07, 6.45) is 1.64. The maximum Gasteiger partial charge on any atom is 0.325 e. The number of hydrogen-bond donors (Lipinski definition) is 2. The van der Waals surface area contributed by atoms with E-state index in [0.29, 0.717) is 23.2 Å². The Morgan fingerprint density at radius 1 is 1.04 bits per heavy atom. The van der Waals surface area contributed by atoms with Gasteiger partial charge in [0, 0.05) is 11.6 Å². The van der Waals surface area contributed by atoms with Gasteiger partial charge in [-0.15, -0.1) is 11.3 Å². The number of thiazole rings is 1. The molecule has 0 bridgehead atoms. The summed E-state index contributed by atoms with van der Waals surface area (Å²) in [5.74, 6) is 0.616. The van der Waals surface area contributed by atoms with Crippen LogP contribution in [0.25, 0.3) is 0 Å². The summed E-state index contributed by atoms with van der Waals surface area (Å²) in [5, 5.41) is 7.79. The Bertz CT molecular complexity index is 761. The maximum absolute atomic E-state index is 12.0. The van der Waals surface area contributed by atoms with Crippen LogP contribution in [0.15, 0.2) is 66.2 Å². The molecule has 0 fully saturated rings. The number of carbonyl (C=O) groups is 1. The van der Waals surface area contributed by atoms with Crippen molar-refractivity contribution in [2.45, 2.75) is 6.61 Å². The molecule has 0 aliphatic carbocycles. The molecule has 0 radical (unpaired) electrons. The maximum atomic E-state index is 12.0. The molecule has 3 rings (SSSR count). The van der Waals surface area contributed by atoms with Crippen LogP contribution in [0.5, 0.6) is 5.75 Å². The highest BCUT2D eigenvalue weighted by Gasteiger charge is 2.08. The van der Waals surface area contributed by atoms with Crippen molar-refractivity contribution in [1.82, 2.24) is 4.98 Å². The number of rotatable bonds is 5. The van der Waals surface area contributed by atoms with Crippen LogP contribution < -0.4 is 15.4 Å². The molecule has 0 unspecified atom stereocenters. The minimum atomic E-state index is -0.351. The van der Waals surface area contributed by atoms with Gasteiger partial charge in [-0.05, 0) is 17.7 Å². The Balaban J connectivity index is 1.64. The Kier molecular flexibility index (Phi) is 4.85. The van der Waals surface area contributed by atoms with Gasteiger partial charge in [0.15, 0.2) is 5.13 Å². The van der Waals surface area contributed by atoms with Crippen molar-refractivity contribution in [3.8, 4) is 5.75 Å². The predicted molar refractivity (Wildman–Crippen MR) is 92.0 cm³/mol. The fourth-order valence-corrected chi connectivity index (χ4v) is 2.49. The van der Waals surface area contributed by atoms with E-state index in [2.05, 4.69) is 15.6 Å². The zero-order chi connectivity index (χ0) is 15.9. The van der Waals surface area contributed by atoms with Crippen LogP contribution in [0, 0.1) is 0 Å². The molecule has 6 heteroatoms. The number of ether oxygens (including phenoxy) is 1. The largest absolute Gasteiger partial charge is 0.487 e. The van der Waals surface area contributed by atoms with Crippen LogP contribution >= 0.6 is 11.3 Å². The summed E-state index contributed by atoms with van der Waals surface area (Å²) >= 11 is 1.36. The predicted octanol–water partition coefficient (Wildman–Crippen LogP) is 4.37. The Labute approximate surface area is 138 Å². The van der Waals surface area contributed by atoms with E-state index in [0.717, 1.165) is 5.56 Å². The number of urea groups is 1. The van der Waals surface area contributed by atoms with Crippen molar-refractivity contribution in [3.63, 3.8) is 0 Å². The highest BCUT2D eigenvalue weighted by atomic mass is 32.1. The van der Waals surface area contributed by atoms with E-state index in [1.165, 1.54) is 11.3 Å². The van der Waals surface area contributed by atoms with Crippen molar-refractivity contribution < 1.29 is 9.53 Å². The molecular weight excluding hydrogens is 310 g/mol. The molecule has 116 valence electrons. The van der Waals surface area contributed by atoms with Crippen molar-refractivity contribution in [2.75, 3.05) is 10.6 Å². The smallest absolute Gasteiger partial charge is 0.325 e. The van der Waals surface area contributed by atoms with Gasteiger partial charge < -0.3 is 10.1 Å². The van der Waals surface area contributed by atoms with Gasteiger partial charge in [-0.2, -0.15) is 0 Å². The van der Waals surface area contributed by atoms with E-state index in [-0.39, 0.29) is 6.03 Å². The molecule has 0 atom stereocenters. The first kappa shape index (κ1) is 15.1. The second-order valence-corrected chi connectivity index (χ2v) is 5.58. The monoisotopic (exact) mass is 325 g/mol. The first-order valence-corrected chi connectivity index (χ1v) is 7.92. The number of nitrogens with zero attached hydrogens (tertiary/aromatic N) is 1. The van der Waals surface area contributed by atoms with Crippen LogP contribution in [-0.2, 0) is 6.61 Å². The number of amides is 2. The topological polar surface area (TPSA) is 63.2 Å². The molecule has 0 aliphatic rings. The third-order valence-electron chi connectivity index (χ3n) is 3.03. The summed E-state index contributed by atoms with van der Waals surface area (Å²) in [6.45, 7) is 0.438. The third kappa shape index (κ3) is 4.31. The van der Waals surface area contributed by atoms with Crippen LogP contribution in [0.2, 0.25) is 0 Å². The molecule has 2 amide bonds. The zero-order valence-corrected chi connectivity index (χ0v) is 13.0. The Morgan fingerprint density at radius 2 is 1.83 bits per heavy atom. The minimum absolute atomic E-state index is 0.351. The van der Waals surface area contributed by atoms with Crippen LogP contribution in [0.1, 0.15) is 5.56 Å². The molecule has 0 spiro atoms. The van der Waals surface area contributed by atoms with Crippen molar-refractivity contribution in [2.24, 2.45) is 0 Å². The van der Waals surface area contributed by atoms with E-state index in [1.807, 2.05) is 48.5 Å². The second kappa shape index (κ2) is 7.42. The Morgan fingerprint density at radius 3 is 2.61 bits per heavy atom. The lowest BCUT2D eigenvalue weighted by Gasteiger charge is -2.12. The summed E-state index contributed by atoms with van der Waals surface area (Å²) in [6, 6.07) is 16.8. The highest BCUT2D eigenvalue weighted by molar-refractivity contribution is 7.13. The average molecular weight is 325 g/mol. The second-order valence-electron chi connectivity index (χ2n) is 4.69. The molecule has 0 aliphatic heterocycles. The number of nitrogens with one attached hydrogen (secondary N) is 2. The van der Waals surface area contributed by atoms with Crippen molar-refractivity contribution in [3.05, 3.63) is 71.7 Å². The summed E-state index contributed by atoms with van der Waals surface area (Å²) in [4.78, 5) is 16.0. The average Bonchev–Trinajstić information content (AvgIpc) is 3.08. The van der Waals surface area contributed by atoms with Gasteiger partial charge in [-0.1, -0.05) is 42.5 Å². The van der Waals surface area contributed by atoms with Gasteiger partial charge in [0.2, 0.25) is 0 Å². The highest BCUT2D eigenvalue weighted by Crippen LogP contribution is 2.25. The van der Waals surface area contributed by atoms with E-state index in [4.69, 9.17) is 4.74 Å². The lowest BCUT2D eigenvalue weighted by Crippen LogP contribution is -2.19. The number of aromatic nitrogens is 1. The number of hydrogen-bond acceptors (Lipinski definition) is 4. The van der Waals surface area contributed by atoms with E-state index < -0.39 is 0 Å². The van der Waals surface area contributed by atoms with Gasteiger partial charge in [0.1, 0.15) is 12.4 Å². The first-order chi connectivity index (χ1) is 11.3. The molecule has 0 saturated heterocycles. The van der Waals surface area contributed by atoms with Crippen LogP contribution in [0.4, 0.5) is 15.6 Å². The van der Waals surface area contributed by atoms with Crippen LogP contribution in [0.3, 0.4) is 0 Å². The number of para-hydroxylation sites is 2. The van der Waals surface area contributed by atoms with Gasteiger partial charge in [0.25, 0.3) is 0 Å². The summed E-state index contributed by atoms with van der Waals surface area (Å²) in [5.41, 5.74) is 1.67. The van der Waals surface area contributed by atoms with Crippen molar-refractivity contribution in [1.29, 1.82) is 0 Å². The lowest BCUT2D eigenvalue weighted by molar-refractivity contribution is 0.261. The molecule has 23 heavy (non-hydrogen) atoms. The Hall–Kier alpha value is -2.86. The fourth-order valence-electron chi connectivity index (χ4n) is 1.97. The molecule has 1 aromatic heterocycles. The number of anilines is 2. The fraction of sp³-hybridized carbons (Fsp3) is 0.0588. The molecule has 0 saturated carbocycles. The normalized spacial score (nSPS) is 10.1. The van der Waals surface area contributed by atoms with Gasteiger partial charge >= 0.3 is 6.03 Å². The van der Waals surface area contributed by atoms with Gasteiger partial charge in [-0.25, -0.2) is 9.78 Å². The SMILES string of the molecule is O=C(Nc1nccs1)Nc1ccccc1OCc1ccccc1. The molecule has 5 nitrogen and oxygen atoms in total. The molecule has 1 heterocycles. The van der Waals surface area contributed by atoms with Crippen LogP contribution in [-0.4, -0.2) is 11.0 Å². The minimum Gasteiger partial charge on any atom is -0.487 e.